The molecule has 94 valence electrons. The SMILES string of the molecule is CNC1CCCC1CCN(C)C1CCCC1. The molecule has 2 aliphatic rings. The fourth-order valence-electron chi connectivity index (χ4n) is 3.66. The molecule has 2 aliphatic carbocycles. The van der Waals surface area contributed by atoms with Gasteiger partial charge in [-0.15, -0.1) is 0 Å². The highest BCUT2D eigenvalue weighted by Crippen LogP contribution is 2.29. The summed E-state index contributed by atoms with van der Waals surface area (Å²) in [5.41, 5.74) is 0. The molecule has 0 bridgehead atoms. The largest absolute Gasteiger partial charge is 0.317 e. The summed E-state index contributed by atoms with van der Waals surface area (Å²) in [7, 11) is 4.46. The van der Waals surface area contributed by atoms with Crippen LogP contribution in [-0.2, 0) is 0 Å². The smallest absolute Gasteiger partial charge is 0.00928 e. The van der Waals surface area contributed by atoms with Crippen molar-refractivity contribution in [1.29, 1.82) is 0 Å². The molecule has 0 spiro atoms. The van der Waals surface area contributed by atoms with E-state index in [1.807, 2.05) is 0 Å². The Morgan fingerprint density at radius 2 is 1.81 bits per heavy atom. The van der Waals surface area contributed by atoms with Crippen LogP contribution < -0.4 is 5.32 Å². The van der Waals surface area contributed by atoms with Gasteiger partial charge < -0.3 is 10.2 Å². The first kappa shape index (κ1) is 12.4. The van der Waals surface area contributed by atoms with Crippen molar-refractivity contribution >= 4 is 0 Å². The molecule has 0 saturated heterocycles. The minimum atomic E-state index is 0.803. The van der Waals surface area contributed by atoms with Gasteiger partial charge in [0.1, 0.15) is 0 Å². The van der Waals surface area contributed by atoms with Crippen LogP contribution in [0.15, 0.2) is 0 Å². The maximum atomic E-state index is 3.49. The standard InChI is InChI=1S/C14H28N2/c1-15-14-9-5-6-12(14)10-11-16(2)13-7-3-4-8-13/h12-15H,3-11H2,1-2H3. The van der Waals surface area contributed by atoms with Crippen molar-refractivity contribution in [2.45, 2.75) is 63.5 Å². The lowest BCUT2D eigenvalue weighted by molar-refractivity contribution is 0.220. The lowest BCUT2D eigenvalue weighted by Gasteiger charge is -2.27. The predicted octanol–water partition coefficient (Wildman–Crippen LogP) is 2.64. The Kier molecular flexibility index (Phi) is 4.66. The van der Waals surface area contributed by atoms with Gasteiger partial charge in [0.05, 0.1) is 0 Å². The van der Waals surface area contributed by atoms with Crippen LogP contribution in [-0.4, -0.2) is 37.6 Å². The Balaban J connectivity index is 1.69. The van der Waals surface area contributed by atoms with Crippen LogP contribution in [0.3, 0.4) is 0 Å². The molecule has 2 saturated carbocycles. The molecular weight excluding hydrogens is 196 g/mol. The van der Waals surface area contributed by atoms with Crippen LogP contribution in [0, 0.1) is 5.92 Å². The summed E-state index contributed by atoms with van der Waals surface area (Å²) < 4.78 is 0. The molecule has 0 aromatic rings. The van der Waals surface area contributed by atoms with E-state index in [-0.39, 0.29) is 0 Å². The van der Waals surface area contributed by atoms with Gasteiger partial charge in [0, 0.05) is 12.1 Å². The lowest BCUT2D eigenvalue weighted by Crippen LogP contribution is -2.34. The van der Waals surface area contributed by atoms with Crippen molar-refractivity contribution < 1.29 is 0 Å². The number of hydrogen-bond acceptors (Lipinski definition) is 2. The molecular formula is C14H28N2. The van der Waals surface area contributed by atoms with E-state index in [1.54, 1.807) is 0 Å². The van der Waals surface area contributed by atoms with Crippen molar-refractivity contribution in [2.75, 3.05) is 20.6 Å². The van der Waals surface area contributed by atoms with E-state index in [0.29, 0.717) is 0 Å². The summed E-state index contributed by atoms with van der Waals surface area (Å²) in [5, 5.41) is 3.49. The number of nitrogens with one attached hydrogen (secondary N) is 1. The maximum absolute atomic E-state index is 3.49. The van der Waals surface area contributed by atoms with E-state index < -0.39 is 0 Å². The molecule has 0 aliphatic heterocycles. The van der Waals surface area contributed by atoms with Crippen LogP contribution in [0.5, 0.6) is 0 Å². The molecule has 2 atom stereocenters. The minimum Gasteiger partial charge on any atom is -0.317 e. The maximum Gasteiger partial charge on any atom is 0.00928 e. The second-order valence-corrected chi connectivity index (χ2v) is 5.79. The van der Waals surface area contributed by atoms with Gasteiger partial charge in [-0.05, 0) is 58.7 Å². The summed E-state index contributed by atoms with van der Waals surface area (Å²) in [6.07, 6.45) is 11.5. The first-order valence-electron chi connectivity index (χ1n) is 7.18. The zero-order valence-electron chi connectivity index (χ0n) is 11.0. The average Bonchev–Trinajstić information content (AvgIpc) is 2.96. The average molecular weight is 224 g/mol. The third kappa shape index (κ3) is 2.98. The van der Waals surface area contributed by atoms with Gasteiger partial charge in [-0.3, -0.25) is 0 Å². The summed E-state index contributed by atoms with van der Waals surface area (Å²) in [5.74, 6) is 0.939. The van der Waals surface area contributed by atoms with Gasteiger partial charge in [0.25, 0.3) is 0 Å². The van der Waals surface area contributed by atoms with E-state index in [4.69, 9.17) is 0 Å². The summed E-state index contributed by atoms with van der Waals surface area (Å²) in [4.78, 5) is 2.62. The minimum absolute atomic E-state index is 0.803. The van der Waals surface area contributed by atoms with E-state index in [9.17, 15) is 0 Å². The van der Waals surface area contributed by atoms with E-state index >= 15 is 0 Å². The van der Waals surface area contributed by atoms with Crippen LogP contribution in [0.25, 0.3) is 0 Å². The quantitative estimate of drug-likeness (QED) is 0.772. The first-order chi connectivity index (χ1) is 7.81. The van der Waals surface area contributed by atoms with Gasteiger partial charge in [-0.25, -0.2) is 0 Å². The second kappa shape index (κ2) is 6.02. The molecule has 0 aromatic carbocycles. The Hall–Kier alpha value is -0.0800. The zero-order valence-corrected chi connectivity index (χ0v) is 11.0. The number of nitrogens with zero attached hydrogens (tertiary/aromatic N) is 1. The van der Waals surface area contributed by atoms with Crippen molar-refractivity contribution in [3.63, 3.8) is 0 Å². The van der Waals surface area contributed by atoms with Gasteiger partial charge in [-0.2, -0.15) is 0 Å². The Morgan fingerprint density at radius 1 is 1.06 bits per heavy atom. The molecule has 0 amide bonds. The van der Waals surface area contributed by atoms with E-state index in [2.05, 4.69) is 24.3 Å². The Morgan fingerprint density at radius 3 is 2.50 bits per heavy atom. The molecule has 1 N–H and O–H groups in total. The third-order valence-electron chi connectivity index (χ3n) is 4.83. The van der Waals surface area contributed by atoms with Crippen LogP contribution in [0.4, 0.5) is 0 Å². The summed E-state index contributed by atoms with van der Waals surface area (Å²) >= 11 is 0. The summed E-state index contributed by atoms with van der Waals surface area (Å²) in [6, 6.07) is 1.70. The van der Waals surface area contributed by atoms with Gasteiger partial charge in [0.15, 0.2) is 0 Å². The predicted molar refractivity (Wildman–Crippen MR) is 69.7 cm³/mol. The highest BCUT2D eigenvalue weighted by atomic mass is 15.1. The molecule has 0 radical (unpaired) electrons. The van der Waals surface area contributed by atoms with Crippen LogP contribution in [0.2, 0.25) is 0 Å². The zero-order chi connectivity index (χ0) is 11.4. The van der Waals surface area contributed by atoms with Crippen LogP contribution >= 0.6 is 0 Å². The van der Waals surface area contributed by atoms with Crippen molar-refractivity contribution in [3.8, 4) is 0 Å². The molecule has 2 unspecified atom stereocenters. The molecule has 2 rings (SSSR count). The topological polar surface area (TPSA) is 15.3 Å². The van der Waals surface area contributed by atoms with Gasteiger partial charge in [0.2, 0.25) is 0 Å². The molecule has 2 nitrogen and oxygen atoms in total. The first-order valence-corrected chi connectivity index (χ1v) is 7.18. The van der Waals surface area contributed by atoms with Gasteiger partial charge in [-0.1, -0.05) is 19.3 Å². The Labute approximate surface area is 101 Å². The monoisotopic (exact) mass is 224 g/mol. The molecule has 2 heteroatoms. The second-order valence-electron chi connectivity index (χ2n) is 5.79. The number of hydrogen-bond donors (Lipinski definition) is 1. The highest BCUT2D eigenvalue weighted by Gasteiger charge is 2.27. The molecule has 0 heterocycles. The fraction of sp³-hybridized carbons (Fsp3) is 1.00. The van der Waals surface area contributed by atoms with Gasteiger partial charge >= 0.3 is 0 Å². The molecule has 2 fully saturated rings. The normalized spacial score (nSPS) is 31.7. The number of rotatable bonds is 5. The van der Waals surface area contributed by atoms with Crippen molar-refractivity contribution in [3.05, 3.63) is 0 Å². The van der Waals surface area contributed by atoms with Crippen molar-refractivity contribution in [2.24, 2.45) is 5.92 Å². The molecule has 16 heavy (non-hydrogen) atoms. The van der Waals surface area contributed by atoms with E-state index in [0.717, 1.165) is 18.0 Å². The highest BCUT2D eigenvalue weighted by molar-refractivity contribution is 4.83. The Bertz CT molecular complexity index is 199. The van der Waals surface area contributed by atoms with E-state index in [1.165, 1.54) is 57.9 Å². The van der Waals surface area contributed by atoms with Crippen molar-refractivity contribution in [1.82, 2.24) is 10.2 Å². The summed E-state index contributed by atoms with van der Waals surface area (Å²) in [6.45, 7) is 1.31. The van der Waals surface area contributed by atoms with Crippen LogP contribution in [0.1, 0.15) is 51.4 Å². The fourth-order valence-corrected chi connectivity index (χ4v) is 3.66. The molecule has 0 aromatic heterocycles. The third-order valence-corrected chi connectivity index (χ3v) is 4.83. The lowest BCUT2D eigenvalue weighted by atomic mass is 9.99.